The van der Waals surface area contributed by atoms with Gasteiger partial charge in [-0.25, -0.2) is 0 Å². The van der Waals surface area contributed by atoms with Crippen molar-refractivity contribution in [2.45, 2.75) is 20.4 Å². The van der Waals surface area contributed by atoms with Crippen molar-refractivity contribution in [3.05, 3.63) is 47.3 Å². The zero-order chi connectivity index (χ0) is 13.8. The van der Waals surface area contributed by atoms with Gasteiger partial charge in [0.1, 0.15) is 0 Å². The van der Waals surface area contributed by atoms with Crippen LogP contribution in [0.15, 0.2) is 30.6 Å². The number of hydrogen-bond acceptors (Lipinski definition) is 3. The molecule has 0 atom stereocenters. The molecule has 0 saturated heterocycles. The number of carbonyl (C=O) groups excluding carboxylic acids is 1. The van der Waals surface area contributed by atoms with Crippen LogP contribution in [-0.2, 0) is 6.54 Å². The van der Waals surface area contributed by atoms with Crippen LogP contribution in [0, 0.1) is 13.8 Å². The summed E-state index contributed by atoms with van der Waals surface area (Å²) in [6.07, 6.45) is 3.33. The maximum Gasteiger partial charge on any atom is 0.251 e. The molecule has 5 nitrogen and oxygen atoms in total. The van der Waals surface area contributed by atoms with Crippen molar-refractivity contribution in [2.75, 3.05) is 12.3 Å². The fraction of sp³-hybridized carbons (Fsp3) is 0.286. The van der Waals surface area contributed by atoms with Gasteiger partial charge in [-0.3, -0.25) is 9.48 Å². The number of nitrogen functional groups attached to an aromatic ring is 1. The van der Waals surface area contributed by atoms with Crippen LogP contribution in [-0.4, -0.2) is 22.2 Å². The highest BCUT2D eigenvalue weighted by molar-refractivity contribution is 5.95. The van der Waals surface area contributed by atoms with Gasteiger partial charge >= 0.3 is 0 Å². The van der Waals surface area contributed by atoms with Crippen molar-refractivity contribution >= 4 is 11.6 Å². The fourth-order valence-electron chi connectivity index (χ4n) is 1.88. The maximum atomic E-state index is 12.0. The number of carbonyl (C=O) groups is 1. The summed E-state index contributed by atoms with van der Waals surface area (Å²) in [4.78, 5) is 12.0. The molecule has 2 aromatic rings. The van der Waals surface area contributed by atoms with Crippen molar-refractivity contribution in [2.24, 2.45) is 0 Å². The van der Waals surface area contributed by atoms with Crippen molar-refractivity contribution in [3.8, 4) is 0 Å². The largest absolute Gasteiger partial charge is 0.396 e. The Morgan fingerprint density at radius 2 is 2.21 bits per heavy atom. The Bertz CT molecular complexity index is 589. The lowest BCUT2D eigenvalue weighted by Crippen LogP contribution is -2.28. The second-order valence-electron chi connectivity index (χ2n) is 4.54. The lowest BCUT2D eigenvalue weighted by atomic mass is 10.0. The number of hydrogen-bond donors (Lipinski definition) is 2. The van der Waals surface area contributed by atoms with E-state index in [1.165, 1.54) is 0 Å². The first-order chi connectivity index (χ1) is 9.08. The number of nitrogens with one attached hydrogen (secondary N) is 1. The smallest absolute Gasteiger partial charge is 0.251 e. The Morgan fingerprint density at radius 1 is 1.42 bits per heavy atom. The summed E-state index contributed by atoms with van der Waals surface area (Å²) in [7, 11) is 0. The van der Waals surface area contributed by atoms with Gasteiger partial charge in [0, 0.05) is 18.3 Å². The molecule has 1 heterocycles. The molecule has 0 aliphatic rings. The van der Waals surface area contributed by atoms with Crippen molar-refractivity contribution in [3.63, 3.8) is 0 Å². The van der Waals surface area contributed by atoms with E-state index in [1.54, 1.807) is 17.1 Å². The van der Waals surface area contributed by atoms with E-state index in [9.17, 15) is 4.79 Å². The number of nitrogens with zero attached hydrogens (tertiary/aromatic N) is 2. The number of anilines is 1. The zero-order valence-electron chi connectivity index (χ0n) is 11.2. The lowest BCUT2D eigenvalue weighted by Gasteiger charge is -2.09. The average molecular weight is 258 g/mol. The molecule has 19 heavy (non-hydrogen) atoms. The van der Waals surface area contributed by atoms with Gasteiger partial charge in [0.15, 0.2) is 0 Å². The SMILES string of the molecule is Cc1cccc(C(=O)NCCn2cc(N)cn2)c1C. The monoisotopic (exact) mass is 258 g/mol. The van der Waals surface area contributed by atoms with Crippen LogP contribution < -0.4 is 11.1 Å². The quantitative estimate of drug-likeness (QED) is 0.873. The lowest BCUT2D eigenvalue weighted by molar-refractivity contribution is 0.0951. The molecule has 2 rings (SSSR count). The molecule has 3 N–H and O–H groups in total. The van der Waals surface area contributed by atoms with Gasteiger partial charge in [-0.2, -0.15) is 5.10 Å². The molecule has 0 bridgehead atoms. The predicted molar refractivity (Wildman–Crippen MR) is 74.9 cm³/mol. The molecule has 0 spiro atoms. The molecule has 1 amide bonds. The highest BCUT2D eigenvalue weighted by Gasteiger charge is 2.09. The van der Waals surface area contributed by atoms with Crippen LogP contribution in [0.1, 0.15) is 21.5 Å². The predicted octanol–water partition coefficient (Wildman–Crippen LogP) is 1.51. The molecular weight excluding hydrogens is 240 g/mol. The minimum atomic E-state index is -0.0543. The Kier molecular flexibility index (Phi) is 3.85. The highest BCUT2D eigenvalue weighted by Crippen LogP contribution is 2.12. The van der Waals surface area contributed by atoms with E-state index < -0.39 is 0 Å². The maximum absolute atomic E-state index is 12.0. The average Bonchev–Trinajstić information content (AvgIpc) is 2.78. The number of aromatic nitrogens is 2. The second kappa shape index (κ2) is 5.56. The molecule has 1 aromatic carbocycles. The first-order valence-electron chi connectivity index (χ1n) is 6.20. The molecule has 0 unspecified atom stereocenters. The number of nitrogens with two attached hydrogens (primary N) is 1. The van der Waals surface area contributed by atoms with Crippen LogP contribution in [0.5, 0.6) is 0 Å². The van der Waals surface area contributed by atoms with Gasteiger partial charge in [0.2, 0.25) is 0 Å². The van der Waals surface area contributed by atoms with Crippen molar-refractivity contribution in [1.29, 1.82) is 0 Å². The van der Waals surface area contributed by atoms with Crippen LogP contribution >= 0.6 is 0 Å². The van der Waals surface area contributed by atoms with Gasteiger partial charge in [0.05, 0.1) is 18.4 Å². The van der Waals surface area contributed by atoms with E-state index in [0.717, 1.165) is 16.7 Å². The Balaban J connectivity index is 1.93. The Morgan fingerprint density at radius 3 is 2.89 bits per heavy atom. The summed E-state index contributed by atoms with van der Waals surface area (Å²) < 4.78 is 1.71. The van der Waals surface area contributed by atoms with Crippen LogP contribution in [0.25, 0.3) is 0 Å². The number of amides is 1. The minimum Gasteiger partial charge on any atom is -0.396 e. The number of aryl methyl sites for hydroxylation is 1. The number of benzene rings is 1. The van der Waals surface area contributed by atoms with E-state index in [1.807, 2.05) is 32.0 Å². The van der Waals surface area contributed by atoms with E-state index in [0.29, 0.717) is 18.8 Å². The third-order valence-corrected chi connectivity index (χ3v) is 3.13. The molecule has 0 saturated carbocycles. The third-order valence-electron chi connectivity index (χ3n) is 3.13. The van der Waals surface area contributed by atoms with Crippen LogP contribution in [0.2, 0.25) is 0 Å². The first-order valence-corrected chi connectivity index (χ1v) is 6.20. The summed E-state index contributed by atoms with van der Waals surface area (Å²) in [5.41, 5.74) is 9.05. The zero-order valence-corrected chi connectivity index (χ0v) is 11.2. The summed E-state index contributed by atoms with van der Waals surface area (Å²) >= 11 is 0. The summed E-state index contributed by atoms with van der Waals surface area (Å²) in [6, 6.07) is 5.73. The molecule has 1 aromatic heterocycles. The Labute approximate surface area is 112 Å². The minimum absolute atomic E-state index is 0.0543. The highest BCUT2D eigenvalue weighted by atomic mass is 16.1. The fourth-order valence-corrected chi connectivity index (χ4v) is 1.88. The van der Waals surface area contributed by atoms with Gasteiger partial charge in [-0.15, -0.1) is 0 Å². The molecule has 5 heteroatoms. The second-order valence-corrected chi connectivity index (χ2v) is 4.54. The number of rotatable bonds is 4. The van der Waals surface area contributed by atoms with Gasteiger partial charge in [0.25, 0.3) is 5.91 Å². The van der Waals surface area contributed by atoms with Crippen LogP contribution in [0.3, 0.4) is 0 Å². The van der Waals surface area contributed by atoms with Crippen molar-refractivity contribution in [1.82, 2.24) is 15.1 Å². The van der Waals surface area contributed by atoms with Crippen molar-refractivity contribution < 1.29 is 4.79 Å². The molecular formula is C14H18N4O. The molecule has 0 fully saturated rings. The topological polar surface area (TPSA) is 72.9 Å². The van der Waals surface area contributed by atoms with E-state index in [2.05, 4.69) is 10.4 Å². The van der Waals surface area contributed by atoms with Gasteiger partial charge in [-0.05, 0) is 31.0 Å². The summed E-state index contributed by atoms with van der Waals surface area (Å²) in [6.45, 7) is 5.08. The van der Waals surface area contributed by atoms with Gasteiger partial charge in [-0.1, -0.05) is 12.1 Å². The third kappa shape index (κ3) is 3.13. The van der Waals surface area contributed by atoms with E-state index in [-0.39, 0.29) is 5.91 Å². The van der Waals surface area contributed by atoms with Crippen LogP contribution in [0.4, 0.5) is 5.69 Å². The Hall–Kier alpha value is -2.30. The normalized spacial score (nSPS) is 10.4. The standard InChI is InChI=1S/C14H18N4O/c1-10-4-3-5-13(11(10)2)14(19)16-6-7-18-9-12(15)8-17-18/h3-5,8-9H,6-7,15H2,1-2H3,(H,16,19). The summed E-state index contributed by atoms with van der Waals surface area (Å²) in [5, 5.41) is 6.94. The van der Waals surface area contributed by atoms with E-state index in [4.69, 9.17) is 5.73 Å². The molecule has 100 valence electrons. The summed E-state index contributed by atoms with van der Waals surface area (Å²) in [5.74, 6) is -0.0543. The first kappa shape index (κ1) is 13.1. The molecule has 0 radical (unpaired) electrons. The molecule has 0 aliphatic heterocycles. The van der Waals surface area contributed by atoms with E-state index >= 15 is 0 Å². The molecule has 0 aliphatic carbocycles. The van der Waals surface area contributed by atoms with Gasteiger partial charge < -0.3 is 11.1 Å².